The van der Waals surface area contributed by atoms with Crippen molar-refractivity contribution in [2.75, 3.05) is 11.9 Å². The van der Waals surface area contributed by atoms with Crippen molar-refractivity contribution in [2.45, 2.75) is 31.9 Å². The fraction of sp³-hybridized carbons (Fsp3) is 0.667. The number of rotatable bonds is 2. The average molecular weight is 277 g/mol. The summed E-state index contributed by atoms with van der Waals surface area (Å²) in [6, 6.07) is 0. The van der Waals surface area contributed by atoms with E-state index < -0.39 is 0 Å². The van der Waals surface area contributed by atoms with E-state index in [1.165, 1.54) is 0 Å². The molecule has 1 aromatic heterocycles. The quantitative estimate of drug-likeness (QED) is 0.902. The number of hydrogen-bond donors (Lipinski definition) is 1. The van der Waals surface area contributed by atoms with Gasteiger partial charge in [0.2, 0.25) is 0 Å². The van der Waals surface area contributed by atoms with Gasteiger partial charge >= 0.3 is 0 Å². The van der Waals surface area contributed by atoms with Crippen molar-refractivity contribution < 1.29 is 4.74 Å². The van der Waals surface area contributed by atoms with E-state index in [9.17, 15) is 0 Å². The molecule has 1 aliphatic heterocycles. The predicted molar refractivity (Wildman–Crippen MR) is 61.9 cm³/mol. The fourth-order valence-electron chi connectivity index (χ4n) is 1.55. The number of nitrogens with zero attached hydrogens (tertiary/aromatic N) is 1. The molecular weight excluding hydrogens is 264 g/mol. The molecule has 0 spiro atoms. The topological polar surface area (TPSA) is 34.1 Å². The van der Waals surface area contributed by atoms with Crippen molar-refractivity contribution >= 4 is 32.4 Å². The second-order valence-electron chi connectivity index (χ2n) is 3.78. The zero-order chi connectivity index (χ0) is 10.2. The smallest absolute Gasteiger partial charge is 0.184 e. The van der Waals surface area contributed by atoms with Gasteiger partial charge in [-0.2, -0.15) is 0 Å². The number of anilines is 1. The van der Waals surface area contributed by atoms with Crippen molar-refractivity contribution in [3.8, 4) is 0 Å². The minimum absolute atomic E-state index is 0.0251. The van der Waals surface area contributed by atoms with E-state index in [2.05, 4.69) is 40.1 Å². The van der Waals surface area contributed by atoms with Crippen LogP contribution in [0.1, 0.15) is 20.3 Å². The highest BCUT2D eigenvalue weighted by Gasteiger charge is 2.37. The minimum Gasteiger partial charge on any atom is -0.376 e. The SMILES string of the molecule is CC1OCCC1(C)Nc1nc(Br)cs1. The maximum absolute atomic E-state index is 5.55. The molecule has 5 heteroatoms. The molecule has 0 saturated carbocycles. The van der Waals surface area contributed by atoms with Crippen molar-refractivity contribution in [1.29, 1.82) is 0 Å². The van der Waals surface area contributed by atoms with E-state index >= 15 is 0 Å². The van der Waals surface area contributed by atoms with Crippen LogP contribution in [0, 0.1) is 0 Å². The lowest BCUT2D eigenvalue weighted by atomic mass is 9.95. The standard InChI is InChI=1S/C9H13BrN2OS/c1-6-9(2,3-4-13-6)12-8-11-7(10)5-14-8/h5-6H,3-4H2,1-2H3,(H,11,12). The first-order valence-electron chi connectivity index (χ1n) is 4.61. The molecule has 1 aromatic rings. The Labute approximate surface area is 96.0 Å². The highest BCUT2D eigenvalue weighted by atomic mass is 79.9. The molecule has 2 rings (SSSR count). The summed E-state index contributed by atoms with van der Waals surface area (Å²) in [4.78, 5) is 4.32. The molecule has 1 fully saturated rings. The van der Waals surface area contributed by atoms with Gasteiger partial charge in [-0.25, -0.2) is 4.98 Å². The van der Waals surface area contributed by atoms with Gasteiger partial charge in [0.15, 0.2) is 5.13 Å². The molecule has 1 N–H and O–H groups in total. The van der Waals surface area contributed by atoms with Gasteiger partial charge in [-0.05, 0) is 36.2 Å². The molecule has 78 valence electrons. The first-order chi connectivity index (χ1) is 6.60. The summed E-state index contributed by atoms with van der Waals surface area (Å²) in [5.41, 5.74) is 0.0251. The number of aromatic nitrogens is 1. The lowest BCUT2D eigenvalue weighted by Crippen LogP contribution is -2.41. The van der Waals surface area contributed by atoms with Gasteiger partial charge in [0, 0.05) is 12.0 Å². The molecule has 1 aliphatic rings. The number of nitrogens with one attached hydrogen (secondary N) is 1. The van der Waals surface area contributed by atoms with Crippen LogP contribution in [0.25, 0.3) is 0 Å². The monoisotopic (exact) mass is 276 g/mol. The largest absolute Gasteiger partial charge is 0.376 e. The molecule has 2 unspecified atom stereocenters. The van der Waals surface area contributed by atoms with E-state index in [0.717, 1.165) is 22.8 Å². The molecule has 3 nitrogen and oxygen atoms in total. The van der Waals surface area contributed by atoms with Crippen molar-refractivity contribution in [2.24, 2.45) is 0 Å². The molecule has 2 heterocycles. The molecular formula is C9H13BrN2OS. The Morgan fingerprint density at radius 3 is 3.07 bits per heavy atom. The first-order valence-corrected chi connectivity index (χ1v) is 6.28. The van der Waals surface area contributed by atoms with Gasteiger partial charge in [-0.1, -0.05) is 0 Å². The van der Waals surface area contributed by atoms with E-state index in [-0.39, 0.29) is 11.6 Å². The highest BCUT2D eigenvalue weighted by Crippen LogP contribution is 2.31. The van der Waals surface area contributed by atoms with E-state index in [0.29, 0.717) is 0 Å². The Kier molecular flexibility index (Phi) is 2.81. The second-order valence-corrected chi connectivity index (χ2v) is 5.45. The van der Waals surface area contributed by atoms with Crippen LogP contribution in [0.4, 0.5) is 5.13 Å². The summed E-state index contributed by atoms with van der Waals surface area (Å²) in [5, 5.41) is 6.37. The summed E-state index contributed by atoms with van der Waals surface area (Å²) < 4.78 is 6.44. The summed E-state index contributed by atoms with van der Waals surface area (Å²) in [6.45, 7) is 5.11. The molecule has 0 aromatic carbocycles. The van der Waals surface area contributed by atoms with E-state index in [4.69, 9.17) is 4.74 Å². The molecule has 1 saturated heterocycles. The fourth-order valence-corrected chi connectivity index (χ4v) is 2.83. The van der Waals surface area contributed by atoms with Crippen LogP contribution in [0.3, 0.4) is 0 Å². The summed E-state index contributed by atoms with van der Waals surface area (Å²) in [5.74, 6) is 0. The third kappa shape index (κ3) is 1.94. The van der Waals surface area contributed by atoms with Crippen LogP contribution in [-0.4, -0.2) is 23.2 Å². The number of ether oxygens (including phenoxy) is 1. The summed E-state index contributed by atoms with van der Waals surface area (Å²) in [6.07, 6.45) is 1.27. The zero-order valence-electron chi connectivity index (χ0n) is 8.21. The molecule has 0 aliphatic carbocycles. The molecule has 0 radical (unpaired) electrons. The van der Waals surface area contributed by atoms with Gasteiger partial charge in [0.05, 0.1) is 11.6 Å². The highest BCUT2D eigenvalue weighted by molar-refractivity contribution is 9.10. The van der Waals surface area contributed by atoms with Crippen LogP contribution >= 0.6 is 27.3 Å². The number of hydrogen-bond acceptors (Lipinski definition) is 4. The molecule has 0 amide bonds. The first kappa shape index (κ1) is 10.4. The van der Waals surface area contributed by atoms with Crippen LogP contribution in [0.15, 0.2) is 9.98 Å². The lowest BCUT2D eigenvalue weighted by molar-refractivity contribution is 0.105. The Bertz CT molecular complexity index is 330. The van der Waals surface area contributed by atoms with Gasteiger partial charge in [-0.3, -0.25) is 0 Å². The summed E-state index contributed by atoms with van der Waals surface area (Å²) in [7, 11) is 0. The Morgan fingerprint density at radius 2 is 2.57 bits per heavy atom. The van der Waals surface area contributed by atoms with E-state index in [1.54, 1.807) is 11.3 Å². The predicted octanol–water partition coefficient (Wildman–Crippen LogP) is 2.89. The van der Waals surface area contributed by atoms with Gasteiger partial charge in [0.25, 0.3) is 0 Å². The third-order valence-corrected chi connectivity index (χ3v) is 4.22. The Morgan fingerprint density at radius 1 is 1.79 bits per heavy atom. The number of halogens is 1. The molecule has 14 heavy (non-hydrogen) atoms. The van der Waals surface area contributed by atoms with Crippen molar-refractivity contribution in [3.05, 3.63) is 9.98 Å². The van der Waals surface area contributed by atoms with Crippen LogP contribution in [0.5, 0.6) is 0 Å². The van der Waals surface area contributed by atoms with Crippen molar-refractivity contribution in [3.63, 3.8) is 0 Å². The van der Waals surface area contributed by atoms with Gasteiger partial charge < -0.3 is 10.1 Å². The maximum atomic E-state index is 5.55. The minimum atomic E-state index is 0.0251. The van der Waals surface area contributed by atoms with Crippen LogP contribution in [0.2, 0.25) is 0 Å². The van der Waals surface area contributed by atoms with Crippen molar-refractivity contribution in [1.82, 2.24) is 4.98 Å². The maximum Gasteiger partial charge on any atom is 0.184 e. The number of thiazole rings is 1. The molecule has 0 bridgehead atoms. The van der Waals surface area contributed by atoms with Gasteiger partial charge in [-0.15, -0.1) is 11.3 Å². The van der Waals surface area contributed by atoms with Crippen LogP contribution < -0.4 is 5.32 Å². The Hall–Kier alpha value is -0.130. The Balaban J connectivity index is 2.10. The summed E-state index contributed by atoms with van der Waals surface area (Å²) >= 11 is 4.95. The lowest BCUT2D eigenvalue weighted by Gasteiger charge is -2.28. The third-order valence-electron chi connectivity index (χ3n) is 2.76. The molecule has 2 atom stereocenters. The second kappa shape index (κ2) is 3.79. The van der Waals surface area contributed by atoms with E-state index in [1.807, 2.05) is 5.38 Å². The normalized spacial score (nSPS) is 32.1. The van der Waals surface area contributed by atoms with Gasteiger partial charge in [0.1, 0.15) is 4.60 Å². The zero-order valence-corrected chi connectivity index (χ0v) is 10.6. The van der Waals surface area contributed by atoms with Crippen LogP contribution in [-0.2, 0) is 4.74 Å². The average Bonchev–Trinajstić information content (AvgIpc) is 2.62.